The third kappa shape index (κ3) is 3.42. The molecular formula is C14H22N4S. The molecule has 0 spiro atoms. The van der Waals surface area contributed by atoms with Crippen LogP contribution in [0.5, 0.6) is 0 Å². The second kappa shape index (κ2) is 5.84. The fourth-order valence-electron chi connectivity index (χ4n) is 1.87. The van der Waals surface area contributed by atoms with Crippen LogP contribution in [0, 0.1) is 20.8 Å². The van der Waals surface area contributed by atoms with Crippen molar-refractivity contribution in [2.24, 2.45) is 0 Å². The lowest BCUT2D eigenvalue weighted by atomic mass is 10.2. The smallest absolute Gasteiger partial charge is 0.115 e. The summed E-state index contributed by atoms with van der Waals surface area (Å²) < 4.78 is 2.04. The second-order valence-corrected chi connectivity index (χ2v) is 6.49. The molecule has 0 aliphatic rings. The van der Waals surface area contributed by atoms with Crippen LogP contribution in [0.1, 0.15) is 40.7 Å². The molecule has 0 saturated heterocycles. The van der Waals surface area contributed by atoms with E-state index in [2.05, 4.69) is 50.0 Å². The number of nitrogens with one attached hydrogen (secondary N) is 1. The van der Waals surface area contributed by atoms with Gasteiger partial charge in [0, 0.05) is 28.7 Å². The fraction of sp³-hybridized carbons (Fsp3) is 0.571. The molecular weight excluding hydrogens is 256 g/mol. The Morgan fingerprint density at radius 3 is 2.63 bits per heavy atom. The first-order chi connectivity index (χ1) is 8.97. The van der Waals surface area contributed by atoms with E-state index in [1.807, 2.05) is 10.9 Å². The number of rotatable bonds is 5. The van der Waals surface area contributed by atoms with Crippen LogP contribution in [0.4, 0.5) is 0 Å². The van der Waals surface area contributed by atoms with Crippen molar-refractivity contribution < 1.29 is 0 Å². The molecule has 0 aromatic carbocycles. The van der Waals surface area contributed by atoms with Crippen molar-refractivity contribution in [1.82, 2.24) is 20.1 Å². The maximum atomic E-state index is 4.57. The minimum Gasteiger partial charge on any atom is -0.310 e. The predicted molar refractivity (Wildman–Crippen MR) is 79.6 cm³/mol. The Balaban J connectivity index is 2.09. The average Bonchev–Trinajstić information content (AvgIpc) is 2.83. The molecule has 0 fully saturated rings. The molecule has 4 nitrogen and oxygen atoms in total. The van der Waals surface area contributed by atoms with Crippen LogP contribution in [0.3, 0.4) is 0 Å². The van der Waals surface area contributed by atoms with Gasteiger partial charge in [0.25, 0.3) is 0 Å². The highest BCUT2D eigenvalue weighted by atomic mass is 32.1. The highest BCUT2D eigenvalue weighted by Crippen LogP contribution is 2.18. The van der Waals surface area contributed by atoms with E-state index in [0.717, 1.165) is 23.8 Å². The van der Waals surface area contributed by atoms with E-state index in [-0.39, 0.29) is 0 Å². The summed E-state index contributed by atoms with van der Waals surface area (Å²) in [6, 6.07) is 0.493. The molecule has 2 aromatic rings. The summed E-state index contributed by atoms with van der Waals surface area (Å²) in [5.41, 5.74) is 3.61. The second-order valence-electron chi connectivity index (χ2n) is 5.20. The van der Waals surface area contributed by atoms with E-state index < -0.39 is 0 Å². The van der Waals surface area contributed by atoms with Crippen LogP contribution in [-0.4, -0.2) is 20.8 Å². The largest absolute Gasteiger partial charge is 0.310 e. The third-order valence-corrected chi connectivity index (χ3v) is 4.32. The highest BCUT2D eigenvalue weighted by Gasteiger charge is 2.10. The first-order valence-electron chi connectivity index (χ1n) is 6.65. The van der Waals surface area contributed by atoms with Crippen molar-refractivity contribution in [3.8, 4) is 0 Å². The average molecular weight is 278 g/mol. The summed E-state index contributed by atoms with van der Waals surface area (Å²) in [6.07, 6.45) is 1.96. The molecule has 0 amide bonds. The first-order valence-corrected chi connectivity index (χ1v) is 7.46. The van der Waals surface area contributed by atoms with E-state index in [4.69, 9.17) is 0 Å². The van der Waals surface area contributed by atoms with Crippen molar-refractivity contribution in [2.75, 3.05) is 0 Å². The van der Waals surface area contributed by atoms with Gasteiger partial charge in [-0.15, -0.1) is 11.3 Å². The van der Waals surface area contributed by atoms with E-state index in [9.17, 15) is 0 Å². The lowest BCUT2D eigenvalue weighted by Gasteiger charge is -2.07. The SMILES string of the molecule is Cc1nc(Cn2ncc(CNC(C)C)c2C)sc1C. The third-order valence-electron chi connectivity index (χ3n) is 3.26. The molecule has 2 rings (SSSR count). The summed E-state index contributed by atoms with van der Waals surface area (Å²) >= 11 is 1.76. The Labute approximate surface area is 118 Å². The molecule has 1 N–H and O–H groups in total. The molecule has 104 valence electrons. The Hall–Kier alpha value is -1.20. The van der Waals surface area contributed by atoms with E-state index in [1.165, 1.54) is 16.1 Å². The molecule has 5 heteroatoms. The first kappa shape index (κ1) is 14.2. The minimum absolute atomic E-state index is 0.493. The maximum Gasteiger partial charge on any atom is 0.115 e. The number of aromatic nitrogens is 3. The van der Waals surface area contributed by atoms with E-state index in [0.29, 0.717) is 6.04 Å². The molecule has 0 aliphatic heterocycles. The van der Waals surface area contributed by atoms with Gasteiger partial charge in [0.15, 0.2) is 0 Å². The van der Waals surface area contributed by atoms with Gasteiger partial charge in [-0.3, -0.25) is 4.68 Å². The number of hydrogen-bond acceptors (Lipinski definition) is 4. The molecule has 19 heavy (non-hydrogen) atoms. The zero-order valence-corrected chi connectivity index (χ0v) is 13.1. The molecule has 0 saturated carbocycles. The number of thiazole rings is 1. The van der Waals surface area contributed by atoms with Gasteiger partial charge < -0.3 is 5.32 Å². The zero-order valence-electron chi connectivity index (χ0n) is 12.3. The van der Waals surface area contributed by atoms with Crippen LogP contribution < -0.4 is 5.32 Å². The van der Waals surface area contributed by atoms with Gasteiger partial charge in [-0.1, -0.05) is 13.8 Å². The highest BCUT2D eigenvalue weighted by molar-refractivity contribution is 7.11. The Morgan fingerprint density at radius 1 is 1.32 bits per heavy atom. The van der Waals surface area contributed by atoms with Crippen LogP contribution in [0.25, 0.3) is 0 Å². The summed E-state index contributed by atoms with van der Waals surface area (Å²) in [4.78, 5) is 5.87. The topological polar surface area (TPSA) is 42.7 Å². The Kier molecular flexibility index (Phi) is 4.37. The van der Waals surface area contributed by atoms with Gasteiger partial charge in [0.2, 0.25) is 0 Å². The summed E-state index contributed by atoms with van der Waals surface area (Å²) in [7, 11) is 0. The predicted octanol–water partition coefficient (Wildman–Crippen LogP) is 2.81. The van der Waals surface area contributed by atoms with Gasteiger partial charge in [0.05, 0.1) is 18.4 Å². The number of hydrogen-bond donors (Lipinski definition) is 1. The van der Waals surface area contributed by atoms with Crippen molar-refractivity contribution >= 4 is 11.3 Å². The quantitative estimate of drug-likeness (QED) is 0.914. The number of nitrogens with zero attached hydrogens (tertiary/aromatic N) is 3. The maximum absolute atomic E-state index is 4.57. The Morgan fingerprint density at radius 2 is 2.05 bits per heavy atom. The number of aryl methyl sites for hydroxylation is 2. The monoisotopic (exact) mass is 278 g/mol. The fourth-order valence-corrected chi connectivity index (χ4v) is 2.78. The van der Waals surface area contributed by atoms with Crippen LogP contribution in [-0.2, 0) is 13.1 Å². The van der Waals surface area contributed by atoms with Gasteiger partial charge in [-0.2, -0.15) is 5.10 Å². The summed E-state index contributed by atoms with van der Waals surface area (Å²) in [5.74, 6) is 0. The zero-order chi connectivity index (χ0) is 14.0. The van der Waals surface area contributed by atoms with Crippen molar-refractivity contribution in [3.63, 3.8) is 0 Å². The van der Waals surface area contributed by atoms with Gasteiger partial charge in [-0.25, -0.2) is 4.98 Å². The molecule has 2 heterocycles. The lowest BCUT2D eigenvalue weighted by Crippen LogP contribution is -2.22. The van der Waals surface area contributed by atoms with E-state index >= 15 is 0 Å². The van der Waals surface area contributed by atoms with Crippen molar-refractivity contribution in [2.45, 2.75) is 53.8 Å². The molecule has 0 unspecified atom stereocenters. The lowest BCUT2D eigenvalue weighted by molar-refractivity contribution is 0.585. The molecule has 0 bridgehead atoms. The van der Waals surface area contributed by atoms with Gasteiger partial charge >= 0.3 is 0 Å². The standard InChI is InChI=1S/C14H22N4S/c1-9(2)15-6-13-7-16-18(11(13)4)8-14-17-10(3)12(5)19-14/h7,9,15H,6,8H2,1-5H3. The molecule has 2 aromatic heterocycles. The van der Waals surface area contributed by atoms with E-state index in [1.54, 1.807) is 11.3 Å². The molecule has 0 atom stereocenters. The van der Waals surface area contributed by atoms with Crippen LogP contribution in [0.2, 0.25) is 0 Å². The summed E-state index contributed by atoms with van der Waals surface area (Å²) in [6.45, 7) is 12.2. The van der Waals surface area contributed by atoms with Crippen LogP contribution >= 0.6 is 11.3 Å². The minimum atomic E-state index is 0.493. The molecule has 0 radical (unpaired) electrons. The van der Waals surface area contributed by atoms with Gasteiger partial charge in [0.1, 0.15) is 5.01 Å². The van der Waals surface area contributed by atoms with Crippen molar-refractivity contribution in [3.05, 3.63) is 33.0 Å². The Bertz CT molecular complexity index is 534. The van der Waals surface area contributed by atoms with Crippen LogP contribution in [0.15, 0.2) is 6.20 Å². The van der Waals surface area contributed by atoms with Crippen molar-refractivity contribution in [1.29, 1.82) is 0 Å². The summed E-state index contributed by atoms with van der Waals surface area (Å²) in [5, 5.41) is 9.03. The molecule has 0 aliphatic carbocycles. The van der Waals surface area contributed by atoms with Gasteiger partial charge in [-0.05, 0) is 20.8 Å². The normalized spacial score (nSPS) is 11.5.